The molecule has 1 saturated heterocycles. The fourth-order valence-electron chi connectivity index (χ4n) is 3.90. The lowest BCUT2D eigenvalue weighted by atomic mass is 9.65. The van der Waals surface area contributed by atoms with E-state index in [1.54, 1.807) is 0 Å². The first-order chi connectivity index (χ1) is 11.9. The molecule has 2 rings (SSSR count). The van der Waals surface area contributed by atoms with Gasteiger partial charge in [0, 0.05) is 6.54 Å². The first-order valence-electron chi connectivity index (χ1n) is 9.81. The zero-order valence-corrected chi connectivity index (χ0v) is 17.2. The summed E-state index contributed by atoms with van der Waals surface area (Å²) in [7, 11) is 0. The van der Waals surface area contributed by atoms with E-state index in [1.807, 2.05) is 20.8 Å². The van der Waals surface area contributed by atoms with Crippen LogP contribution in [0.4, 0.5) is 4.79 Å². The van der Waals surface area contributed by atoms with Crippen LogP contribution in [0.1, 0.15) is 73.6 Å². The highest BCUT2D eigenvalue weighted by molar-refractivity contribution is 6.09. The van der Waals surface area contributed by atoms with Crippen molar-refractivity contribution in [3.8, 4) is 0 Å². The number of imide groups is 1. The van der Waals surface area contributed by atoms with E-state index in [1.165, 1.54) is 0 Å². The van der Waals surface area contributed by atoms with Crippen LogP contribution in [0.5, 0.6) is 0 Å². The summed E-state index contributed by atoms with van der Waals surface area (Å²) >= 11 is 0. The Bertz CT molecular complexity index is 569. The highest BCUT2D eigenvalue weighted by atomic mass is 16.2. The van der Waals surface area contributed by atoms with Gasteiger partial charge >= 0.3 is 6.03 Å². The molecule has 6 heteroatoms. The van der Waals surface area contributed by atoms with Crippen LogP contribution in [0.2, 0.25) is 0 Å². The maximum atomic E-state index is 12.9. The van der Waals surface area contributed by atoms with E-state index in [0.717, 1.165) is 24.2 Å². The van der Waals surface area contributed by atoms with Gasteiger partial charge in [-0.25, -0.2) is 4.79 Å². The molecule has 0 aromatic carbocycles. The number of amides is 4. The Morgan fingerprint density at radius 3 is 2.27 bits per heavy atom. The number of urea groups is 1. The van der Waals surface area contributed by atoms with Gasteiger partial charge in [-0.3, -0.25) is 14.5 Å². The Balaban J connectivity index is 1.98. The second-order valence-corrected chi connectivity index (χ2v) is 9.86. The van der Waals surface area contributed by atoms with Crippen molar-refractivity contribution < 1.29 is 14.4 Å². The van der Waals surface area contributed by atoms with Gasteiger partial charge in [0.15, 0.2) is 0 Å². The summed E-state index contributed by atoms with van der Waals surface area (Å²) in [6, 6.07) is -0.436. The molecule has 2 aliphatic rings. The summed E-state index contributed by atoms with van der Waals surface area (Å²) < 4.78 is 0. The lowest BCUT2D eigenvalue weighted by Gasteiger charge is -2.42. The van der Waals surface area contributed by atoms with Crippen LogP contribution < -0.4 is 10.6 Å². The molecule has 1 aliphatic heterocycles. The predicted molar refractivity (Wildman–Crippen MR) is 101 cm³/mol. The predicted octanol–water partition coefficient (Wildman–Crippen LogP) is 3.07. The maximum Gasteiger partial charge on any atom is 0.325 e. The van der Waals surface area contributed by atoms with Crippen molar-refractivity contribution in [2.75, 3.05) is 13.1 Å². The fraction of sp³-hybridized carbons (Fsp3) is 0.850. The molecule has 2 N–H and O–H groups in total. The zero-order valence-electron chi connectivity index (χ0n) is 17.2. The SMILES string of the molecule is CCC(C)(C)C1CCC2(CC1)NC(=O)N(CC(=O)NCC(C)(C)C)C2=O. The Hall–Kier alpha value is -1.59. The molecule has 1 heterocycles. The zero-order chi connectivity index (χ0) is 19.8. The van der Waals surface area contributed by atoms with E-state index < -0.39 is 11.6 Å². The van der Waals surface area contributed by atoms with E-state index in [-0.39, 0.29) is 29.2 Å². The van der Waals surface area contributed by atoms with Crippen molar-refractivity contribution >= 4 is 17.8 Å². The van der Waals surface area contributed by atoms with Crippen LogP contribution >= 0.6 is 0 Å². The van der Waals surface area contributed by atoms with Crippen molar-refractivity contribution in [2.24, 2.45) is 16.7 Å². The van der Waals surface area contributed by atoms with Crippen molar-refractivity contribution in [1.29, 1.82) is 0 Å². The molecule has 0 aromatic rings. The maximum absolute atomic E-state index is 12.9. The summed E-state index contributed by atoms with van der Waals surface area (Å²) in [6.45, 7) is 13.1. The lowest BCUT2D eigenvalue weighted by Crippen LogP contribution is -2.51. The van der Waals surface area contributed by atoms with Crippen LogP contribution in [-0.4, -0.2) is 41.4 Å². The van der Waals surface area contributed by atoms with Gasteiger partial charge in [0.1, 0.15) is 12.1 Å². The Labute approximate surface area is 157 Å². The van der Waals surface area contributed by atoms with E-state index in [2.05, 4.69) is 31.4 Å². The van der Waals surface area contributed by atoms with Crippen LogP contribution in [0, 0.1) is 16.7 Å². The van der Waals surface area contributed by atoms with Crippen LogP contribution in [0.3, 0.4) is 0 Å². The number of rotatable bonds is 5. The Morgan fingerprint density at radius 2 is 1.77 bits per heavy atom. The number of carbonyl (C=O) groups is 3. The highest BCUT2D eigenvalue weighted by Gasteiger charge is 2.53. The Kier molecular flexibility index (Phi) is 5.74. The lowest BCUT2D eigenvalue weighted by molar-refractivity contribution is -0.136. The largest absolute Gasteiger partial charge is 0.354 e. The minimum absolute atomic E-state index is 0.0430. The summed E-state index contributed by atoms with van der Waals surface area (Å²) in [5.74, 6) is 0.0365. The van der Waals surface area contributed by atoms with Crippen LogP contribution in [-0.2, 0) is 9.59 Å². The molecule has 0 bridgehead atoms. The molecule has 1 saturated carbocycles. The minimum Gasteiger partial charge on any atom is -0.354 e. The van der Waals surface area contributed by atoms with Crippen LogP contribution in [0.25, 0.3) is 0 Å². The molecule has 0 aromatic heterocycles. The smallest absolute Gasteiger partial charge is 0.325 e. The van der Waals surface area contributed by atoms with Gasteiger partial charge in [0.25, 0.3) is 5.91 Å². The van der Waals surface area contributed by atoms with Crippen molar-refractivity contribution in [1.82, 2.24) is 15.5 Å². The first kappa shape index (κ1) is 20.7. The van der Waals surface area contributed by atoms with Gasteiger partial charge in [0.05, 0.1) is 0 Å². The molecule has 4 amide bonds. The molecule has 2 fully saturated rings. The monoisotopic (exact) mass is 365 g/mol. The van der Waals surface area contributed by atoms with Gasteiger partial charge < -0.3 is 10.6 Å². The third-order valence-electron chi connectivity index (χ3n) is 6.22. The number of carbonyl (C=O) groups excluding carboxylic acids is 3. The normalized spacial score (nSPS) is 27.0. The Morgan fingerprint density at radius 1 is 1.19 bits per heavy atom. The van der Waals surface area contributed by atoms with E-state index in [9.17, 15) is 14.4 Å². The van der Waals surface area contributed by atoms with Crippen molar-refractivity contribution in [3.63, 3.8) is 0 Å². The summed E-state index contributed by atoms with van der Waals surface area (Å²) in [5, 5.41) is 5.70. The standard InChI is InChI=1S/C20H35N3O3/c1-7-19(5,6)14-8-10-20(11-9-14)16(25)23(17(26)22-20)12-15(24)21-13-18(2,3)4/h14H,7-13H2,1-6H3,(H,21,24)(H,22,26). The fourth-order valence-corrected chi connectivity index (χ4v) is 3.90. The number of hydrogen-bond acceptors (Lipinski definition) is 3. The number of nitrogens with one attached hydrogen (secondary N) is 2. The molecule has 0 radical (unpaired) electrons. The summed E-state index contributed by atoms with van der Waals surface area (Å²) in [6.07, 6.45) is 4.27. The quantitative estimate of drug-likeness (QED) is 0.735. The number of hydrogen-bond donors (Lipinski definition) is 2. The second kappa shape index (κ2) is 7.20. The first-order valence-corrected chi connectivity index (χ1v) is 9.81. The molecule has 0 unspecified atom stereocenters. The van der Waals surface area contributed by atoms with Gasteiger partial charge in [-0.05, 0) is 42.4 Å². The minimum atomic E-state index is -0.804. The summed E-state index contributed by atoms with van der Waals surface area (Å²) in [5.41, 5.74) is -0.597. The van der Waals surface area contributed by atoms with Crippen molar-refractivity contribution in [2.45, 2.75) is 79.2 Å². The van der Waals surface area contributed by atoms with Gasteiger partial charge in [-0.15, -0.1) is 0 Å². The van der Waals surface area contributed by atoms with Gasteiger partial charge in [-0.1, -0.05) is 48.0 Å². The third kappa shape index (κ3) is 4.38. The van der Waals surface area contributed by atoms with Gasteiger partial charge in [0.2, 0.25) is 5.91 Å². The molecule has 6 nitrogen and oxygen atoms in total. The average molecular weight is 366 g/mol. The highest BCUT2D eigenvalue weighted by Crippen LogP contribution is 2.45. The third-order valence-corrected chi connectivity index (χ3v) is 6.22. The molecular formula is C20H35N3O3. The van der Waals surface area contributed by atoms with E-state index >= 15 is 0 Å². The molecule has 148 valence electrons. The summed E-state index contributed by atoms with van der Waals surface area (Å²) in [4.78, 5) is 38.5. The molecular weight excluding hydrogens is 330 g/mol. The average Bonchev–Trinajstić information content (AvgIpc) is 2.77. The molecule has 0 atom stereocenters. The molecule has 1 spiro atoms. The van der Waals surface area contributed by atoms with Gasteiger partial charge in [-0.2, -0.15) is 0 Å². The van der Waals surface area contributed by atoms with E-state index in [4.69, 9.17) is 0 Å². The molecule has 26 heavy (non-hydrogen) atoms. The van der Waals surface area contributed by atoms with Crippen molar-refractivity contribution in [3.05, 3.63) is 0 Å². The van der Waals surface area contributed by atoms with Crippen LogP contribution in [0.15, 0.2) is 0 Å². The number of nitrogens with zero attached hydrogens (tertiary/aromatic N) is 1. The second-order valence-electron chi connectivity index (χ2n) is 9.86. The van der Waals surface area contributed by atoms with E-state index in [0.29, 0.717) is 25.3 Å². The molecule has 1 aliphatic carbocycles. The topological polar surface area (TPSA) is 78.5 Å².